The van der Waals surface area contributed by atoms with Crippen molar-refractivity contribution in [3.63, 3.8) is 0 Å². The molecule has 0 aromatic heterocycles. The Morgan fingerprint density at radius 1 is 1.40 bits per heavy atom. The number of nitrogens with one attached hydrogen (secondary N) is 1. The summed E-state index contributed by atoms with van der Waals surface area (Å²) in [6.07, 6.45) is 7.53. The van der Waals surface area contributed by atoms with Crippen molar-refractivity contribution in [3.05, 3.63) is 12.7 Å². The van der Waals surface area contributed by atoms with Crippen LogP contribution in [0.5, 0.6) is 0 Å². The van der Waals surface area contributed by atoms with Gasteiger partial charge in [0.15, 0.2) is 0 Å². The summed E-state index contributed by atoms with van der Waals surface area (Å²) in [5.41, 5.74) is 0. The van der Waals surface area contributed by atoms with E-state index < -0.39 is 0 Å². The second-order valence-electron chi connectivity index (χ2n) is 4.57. The van der Waals surface area contributed by atoms with Gasteiger partial charge in [0.25, 0.3) is 0 Å². The molecule has 1 aliphatic rings. The largest absolute Gasteiger partial charge is 0.312 e. The van der Waals surface area contributed by atoms with Crippen molar-refractivity contribution in [1.29, 1.82) is 0 Å². The normalized spacial score (nSPS) is 19.3. The van der Waals surface area contributed by atoms with Gasteiger partial charge in [-0.05, 0) is 31.8 Å². The zero-order valence-electron chi connectivity index (χ0n) is 10.2. The molecule has 1 N–H and O–H groups in total. The lowest BCUT2D eigenvalue weighted by Crippen LogP contribution is -2.38. The van der Waals surface area contributed by atoms with E-state index in [0.717, 1.165) is 19.0 Å². The Morgan fingerprint density at radius 2 is 2.13 bits per heavy atom. The van der Waals surface area contributed by atoms with Gasteiger partial charge in [0.1, 0.15) is 0 Å². The molecule has 1 fully saturated rings. The molecule has 0 saturated carbocycles. The second kappa shape index (κ2) is 7.89. The zero-order chi connectivity index (χ0) is 10.9. The van der Waals surface area contributed by atoms with Gasteiger partial charge in [-0.25, -0.2) is 0 Å². The highest BCUT2D eigenvalue weighted by atomic mass is 15.1. The molecular formula is C13H26N2. The van der Waals surface area contributed by atoms with E-state index in [2.05, 4.69) is 23.7 Å². The van der Waals surface area contributed by atoms with Crippen LogP contribution in [0.2, 0.25) is 0 Å². The monoisotopic (exact) mass is 210 g/mol. The van der Waals surface area contributed by atoms with Crippen molar-refractivity contribution in [2.24, 2.45) is 5.92 Å². The van der Waals surface area contributed by atoms with Crippen LogP contribution in [0.4, 0.5) is 0 Å². The third-order valence-corrected chi connectivity index (χ3v) is 3.30. The summed E-state index contributed by atoms with van der Waals surface area (Å²) in [5, 5.41) is 3.36. The molecule has 88 valence electrons. The molecule has 2 nitrogen and oxygen atoms in total. The van der Waals surface area contributed by atoms with Crippen LogP contribution in [-0.4, -0.2) is 37.6 Å². The molecule has 0 unspecified atom stereocenters. The maximum Gasteiger partial charge on any atom is 0.0132 e. The zero-order valence-corrected chi connectivity index (χ0v) is 10.2. The SMILES string of the molecule is C=CCNCCN1CCC(CCC)CC1. The van der Waals surface area contributed by atoms with Crippen LogP contribution >= 0.6 is 0 Å². The molecule has 15 heavy (non-hydrogen) atoms. The number of rotatable bonds is 7. The highest BCUT2D eigenvalue weighted by molar-refractivity contribution is 4.74. The fraction of sp³-hybridized carbons (Fsp3) is 0.846. The minimum absolute atomic E-state index is 0.937. The van der Waals surface area contributed by atoms with Gasteiger partial charge in [-0.2, -0.15) is 0 Å². The third-order valence-electron chi connectivity index (χ3n) is 3.30. The quantitative estimate of drug-likeness (QED) is 0.512. The Hall–Kier alpha value is -0.340. The fourth-order valence-corrected chi connectivity index (χ4v) is 2.35. The summed E-state index contributed by atoms with van der Waals surface area (Å²) in [5.74, 6) is 1.01. The Balaban J connectivity index is 2.01. The molecule has 0 spiro atoms. The first-order chi connectivity index (χ1) is 7.36. The van der Waals surface area contributed by atoms with Crippen LogP contribution in [-0.2, 0) is 0 Å². The van der Waals surface area contributed by atoms with Crippen LogP contribution in [0, 0.1) is 5.92 Å². The first-order valence-electron chi connectivity index (χ1n) is 6.40. The van der Waals surface area contributed by atoms with Gasteiger partial charge in [-0.3, -0.25) is 0 Å². The van der Waals surface area contributed by atoms with Gasteiger partial charge in [0, 0.05) is 19.6 Å². The van der Waals surface area contributed by atoms with Crippen LogP contribution in [0.25, 0.3) is 0 Å². The van der Waals surface area contributed by atoms with Crippen LogP contribution < -0.4 is 5.32 Å². The lowest BCUT2D eigenvalue weighted by atomic mass is 9.92. The molecule has 0 amide bonds. The molecule has 1 rings (SSSR count). The van der Waals surface area contributed by atoms with Crippen molar-refractivity contribution in [3.8, 4) is 0 Å². The van der Waals surface area contributed by atoms with Gasteiger partial charge in [0.05, 0.1) is 0 Å². The third kappa shape index (κ3) is 5.33. The Bertz CT molecular complexity index is 160. The number of hydrogen-bond donors (Lipinski definition) is 1. The predicted octanol–water partition coefficient (Wildman–Crippen LogP) is 2.27. The number of piperidine rings is 1. The number of hydrogen-bond acceptors (Lipinski definition) is 2. The van der Waals surface area contributed by atoms with Crippen molar-refractivity contribution >= 4 is 0 Å². The molecule has 0 bridgehead atoms. The van der Waals surface area contributed by atoms with Crippen LogP contribution in [0.3, 0.4) is 0 Å². The summed E-state index contributed by atoms with van der Waals surface area (Å²) in [6.45, 7) is 11.8. The van der Waals surface area contributed by atoms with E-state index in [-0.39, 0.29) is 0 Å². The minimum Gasteiger partial charge on any atom is -0.312 e. The van der Waals surface area contributed by atoms with E-state index in [4.69, 9.17) is 0 Å². The van der Waals surface area contributed by atoms with E-state index >= 15 is 0 Å². The number of likely N-dealkylation sites (tertiary alicyclic amines) is 1. The van der Waals surface area contributed by atoms with Gasteiger partial charge in [-0.15, -0.1) is 6.58 Å². The maximum absolute atomic E-state index is 3.70. The van der Waals surface area contributed by atoms with E-state index in [1.807, 2.05) is 6.08 Å². The van der Waals surface area contributed by atoms with Crippen LogP contribution in [0.15, 0.2) is 12.7 Å². The Labute approximate surface area is 94.7 Å². The minimum atomic E-state index is 0.937. The topological polar surface area (TPSA) is 15.3 Å². The van der Waals surface area contributed by atoms with E-state index in [0.29, 0.717) is 0 Å². The summed E-state index contributed by atoms with van der Waals surface area (Å²) in [7, 11) is 0. The van der Waals surface area contributed by atoms with Crippen molar-refractivity contribution in [2.75, 3.05) is 32.7 Å². The number of nitrogens with zero attached hydrogens (tertiary/aromatic N) is 1. The average Bonchev–Trinajstić information content (AvgIpc) is 2.27. The summed E-state index contributed by atoms with van der Waals surface area (Å²) in [6, 6.07) is 0. The summed E-state index contributed by atoms with van der Waals surface area (Å²) in [4.78, 5) is 2.59. The van der Waals surface area contributed by atoms with E-state index in [9.17, 15) is 0 Å². The van der Waals surface area contributed by atoms with E-state index in [1.165, 1.54) is 45.3 Å². The molecule has 1 aliphatic heterocycles. The Kier molecular flexibility index (Phi) is 6.69. The molecule has 0 atom stereocenters. The van der Waals surface area contributed by atoms with Crippen molar-refractivity contribution in [1.82, 2.24) is 10.2 Å². The van der Waals surface area contributed by atoms with Gasteiger partial charge >= 0.3 is 0 Å². The fourth-order valence-electron chi connectivity index (χ4n) is 2.35. The first-order valence-corrected chi connectivity index (χ1v) is 6.40. The summed E-state index contributed by atoms with van der Waals surface area (Å²) < 4.78 is 0. The van der Waals surface area contributed by atoms with Gasteiger partial charge in [-0.1, -0.05) is 25.8 Å². The Morgan fingerprint density at radius 3 is 2.73 bits per heavy atom. The average molecular weight is 210 g/mol. The van der Waals surface area contributed by atoms with Gasteiger partial charge in [0.2, 0.25) is 0 Å². The molecule has 0 radical (unpaired) electrons. The first kappa shape index (κ1) is 12.7. The highest BCUT2D eigenvalue weighted by Gasteiger charge is 2.17. The molecule has 0 aromatic rings. The highest BCUT2D eigenvalue weighted by Crippen LogP contribution is 2.21. The van der Waals surface area contributed by atoms with Gasteiger partial charge < -0.3 is 10.2 Å². The lowest BCUT2D eigenvalue weighted by Gasteiger charge is -2.31. The predicted molar refractivity (Wildman–Crippen MR) is 67.1 cm³/mol. The van der Waals surface area contributed by atoms with Crippen molar-refractivity contribution in [2.45, 2.75) is 32.6 Å². The molecule has 2 heteroatoms. The second-order valence-corrected chi connectivity index (χ2v) is 4.57. The lowest BCUT2D eigenvalue weighted by molar-refractivity contribution is 0.179. The van der Waals surface area contributed by atoms with Crippen LogP contribution in [0.1, 0.15) is 32.6 Å². The molecule has 1 saturated heterocycles. The van der Waals surface area contributed by atoms with Crippen molar-refractivity contribution < 1.29 is 0 Å². The van der Waals surface area contributed by atoms with E-state index in [1.54, 1.807) is 0 Å². The smallest absolute Gasteiger partial charge is 0.0132 e. The molecule has 0 aromatic carbocycles. The molecule has 0 aliphatic carbocycles. The summed E-state index contributed by atoms with van der Waals surface area (Å²) >= 11 is 0. The maximum atomic E-state index is 3.70. The molecular weight excluding hydrogens is 184 g/mol. The standard InChI is InChI=1S/C13H26N2/c1-3-5-13-6-10-15(11-7-13)12-9-14-8-4-2/h4,13-14H,2-3,5-12H2,1H3. The molecule has 1 heterocycles.